The van der Waals surface area contributed by atoms with E-state index in [1.807, 2.05) is 61.5 Å². The van der Waals surface area contributed by atoms with Gasteiger partial charge in [-0.15, -0.1) is 0 Å². The van der Waals surface area contributed by atoms with Crippen molar-refractivity contribution in [2.24, 2.45) is 0 Å². The predicted molar refractivity (Wildman–Crippen MR) is 99.9 cm³/mol. The second-order valence-electron chi connectivity index (χ2n) is 6.50. The summed E-state index contributed by atoms with van der Waals surface area (Å²) in [5.74, 6) is 0.535. The fourth-order valence-corrected chi connectivity index (χ4v) is 3.31. The second kappa shape index (κ2) is 6.59. The fraction of sp³-hybridized carbons (Fsp3) is 0.190. The molecule has 0 radical (unpaired) electrons. The van der Waals surface area contributed by atoms with Crippen molar-refractivity contribution in [1.29, 1.82) is 0 Å². The van der Waals surface area contributed by atoms with Gasteiger partial charge >= 0.3 is 0 Å². The Morgan fingerprint density at radius 2 is 1.81 bits per heavy atom. The first-order chi connectivity index (χ1) is 12.6. The van der Waals surface area contributed by atoms with E-state index in [2.05, 4.69) is 9.97 Å². The lowest BCUT2D eigenvalue weighted by atomic mass is 10.0. The Balaban J connectivity index is 1.65. The number of amides is 1. The van der Waals surface area contributed by atoms with Crippen molar-refractivity contribution in [3.05, 3.63) is 87.3 Å². The Labute approximate surface area is 151 Å². The molecule has 1 amide bonds. The largest absolute Gasteiger partial charge is 0.334 e. The number of aromatic amines is 1. The van der Waals surface area contributed by atoms with Crippen LogP contribution in [0.1, 0.15) is 27.2 Å². The molecule has 0 atom stereocenters. The number of carbonyl (C=O) groups is 1. The van der Waals surface area contributed by atoms with Gasteiger partial charge in [-0.1, -0.05) is 48.5 Å². The van der Waals surface area contributed by atoms with Crippen LogP contribution in [0.15, 0.2) is 59.4 Å². The van der Waals surface area contributed by atoms with Crippen molar-refractivity contribution in [2.45, 2.75) is 19.9 Å². The summed E-state index contributed by atoms with van der Waals surface area (Å²) in [5.41, 5.74) is 3.69. The fourth-order valence-electron chi connectivity index (χ4n) is 3.31. The Kier molecular flexibility index (Phi) is 4.13. The molecular weight excluding hydrogens is 326 g/mol. The van der Waals surface area contributed by atoms with Crippen molar-refractivity contribution in [2.75, 3.05) is 6.54 Å². The zero-order valence-corrected chi connectivity index (χ0v) is 14.5. The van der Waals surface area contributed by atoms with E-state index in [-0.39, 0.29) is 11.5 Å². The maximum atomic E-state index is 12.8. The van der Waals surface area contributed by atoms with Crippen LogP contribution in [0.5, 0.6) is 0 Å². The van der Waals surface area contributed by atoms with E-state index in [0.29, 0.717) is 36.5 Å². The molecule has 0 spiro atoms. The number of nitrogens with one attached hydrogen (secondary N) is 1. The van der Waals surface area contributed by atoms with Gasteiger partial charge < -0.3 is 9.88 Å². The third-order valence-electron chi connectivity index (χ3n) is 4.78. The zero-order chi connectivity index (χ0) is 18.1. The lowest BCUT2D eigenvalue weighted by Crippen LogP contribution is -2.39. The van der Waals surface area contributed by atoms with Gasteiger partial charge in [0, 0.05) is 24.1 Å². The molecule has 1 N–H and O–H groups in total. The van der Waals surface area contributed by atoms with Crippen molar-refractivity contribution in [3.63, 3.8) is 0 Å². The number of fused-ring (bicyclic) bond motifs is 1. The zero-order valence-electron chi connectivity index (χ0n) is 14.5. The summed E-state index contributed by atoms with van der Waals surface area (Å²) in [6.45, 7) is 2.77. The summed E-state index contributed by atoms with van der Waals surface area (Å²) < 4.78 is 0. The number of aryl methyl sites for hydroxylation is 1. The minimum absolute atomic E-state index is 0.0414. The van der Waals surface area contributed by atoms with Crippen molar-refractivity contribution < 1.29 is 4.79 Å². The maximum Gasteiger partial charge on any atom is 0.256 e. The smallest absolute Gasteiger partial charge is 0.256 e. The minimum atomic E-state index is -0.170. The van der Waals surface area contributed by atoms with Crippen LogP contribution < -0.4 is 5.56 Å². The molecule has 5 nitrogen and oxygen atoms in total. The third-order valence-corrected chi connectivity index (χ3v) is 4.78. The first-order valence-electron chi connectivity index (χ1n) is 8.66. The van der Waals surface area contributed by atoms with Gasteiger partial charge in [-0.2, -0.15) is 0 Å². The van der Waals surface area contributed by atoms with Crippen LogP contribution >= 0.6 is 0 Å². The van der Waals surface area contributed by atoms with Gasteiger partial charge in [0.1, 0.15) is 5.82 Å². The summed E-state index contributed by atoms with van der Waals surface area (Å²) in [6.07, 6.45) is 0.580. The lowest BCUT2D eigenvalue weighted by molar-refractivity contribution is 0.0732. The molecule has 3 aromatic rings. The van der Waals surface area contributed by atoms with E-state index in [4.69, 9.17) is 0 Å². The molecule has 1 aliphatic heterocycles. The molecule has 130 valence electrons. The summed E-state index contributed by atoms with van der Waals surface area (Å²) in [6, 6.07) is 17.1. The van der Waals surface area contributed by atoms with Crippen LogP contribution in [0, 0.1) is 6.92 Å². The van der Waals surface area contributed by atoms with Crippen molar-refractivity contribution in [3.8, 4) is 11.4 Å². The highest BCUT2D eigenvalue weighted by atomic mass is 16.2. The molecule has 2 heterocycles. The first kappa shape index (κ1) is 16.3. The molecule has 0 fully saturated rings. The summed E-state index contributed by atoms with van der Waals surface area (Å²) in [5, 5.41) is 0. The monoisotopic (exact) mass is 345 g/mol. The molecule has 4 rings (SSSR count). The number of hydrogen-bond donors (Lipinski definition) is 1. The average molecular weight is 345 g/mol. The number of benzene rings is 2. The Morgan fingerprint density at radius 3 is 2.58 bits per heavy atom. The molecule has 0 aliphatic carbocycles. The summed E-state index contributed by atoms with van der Waals surface area (Å²) in [7, 11) is 0. The minimum Gasteiger partial charge on any atom is -0.334 e. The topological polar surface area (TPSA) is 66.1 Å². The van der Waals surface area contributed by atoms with E-state index in [1.54, 1.807) is 4.90 Å². The number of H-pyrrole nitrogens is 1. The highest BCUT2D eigenvalue weighted by Gasteiger charge is 2.26. The number of rotatable bonds is 2. The van der Waals surface area contributed by atoms with Crippen LogP contribution in [0.3, 0.4) is 0 Å². The average Bonchev–Trinajstić information content (AvgIpc) is 2.68. The van der Waals surface area contributed by atoms with Gasteiger partial charge in [-0.3, -0.25) is 9.59 Å². The molecule has 0 bridgehead atoms. The van der Waals surface area contributed by atoms with Gasteiger partial charge in [0.2, 0.25) is 0 Å². The van der Waals surface area contributed by atoms with Gasteiger partial charge in [-0.25, -0.2) is 4.98 Å². The molecule has 5 heteroatoms. The maximum absolute atomic E-state index is 12.8. The molecular formula is C21H19N3O2. The Morgan fingerprint density at radius 1 is 1.08 bits per heavy atom. The SMILES string of the molecule is Cc1ccccc1C(=O)N1CCc2nc(-c3ccccc3)[nH]c(=O)c2C1. The van der Waals surface area contributed by atoms with Gasteiger partial charge in [-0.05, 0) is 18.6 Å². The molecule has 0 unspecified atom stereocenters. The molecule has 1 aliphatic rings. The van der Waals surface area contributed by atoms with Crippen LogP contribution in [0.2, 0.25) is 0 Å². The number of hydrogen-bond acceptors (Lipinski definition) is 3. The van der Waals surface area contributed by atoms with Crippen LogP contribution in [-0.4, -0.2) is 27.3 Å². The lowest BCUT2D eigenvalue weighted by Gasteiger charge is -2.28. The van der Waals surface area contributed by atoms with Gasteiger partial charge in [0.05, 0.1) is 17.8 Å². The van der Waals surface area contributed by atoms with Crippen molar-refractivity contribution in [1.82, 2.24) is 14.9 Å². The molecule has 0 saturated heterocycles. The highest BCUT2D eigenvalue weighted by Crippen LogP contribution is 2.20. The molecule has 26 heavy (non-hydrogen) atoms. The van der Waals surface area contributed by atoms with E-state index < -0.39 is 0 Å². The van der Waals surface area contributed by atoms with Crippen molar-refractivity contribution >= 4 is 5.91 Å². The van der Waals surface area contributed by atoms with Crippen LogP contribution in [0.25, 0.3) is 11.4 Å². The highest BCUT2D eigenvalue weighted by molar-refractivity contribution is 5.95. The first-order valence-corrected chi connectivity index (χ1v) is 8.66. The van der Waals surface area contributed by atoms with Gasteiger partial charge in [0.15, 0.2) is 0 Å². The van der Waals surface area contributed by atoms with Crippen LogP contribution in [-0.2, 0) is 13.0 Å². The third kappa shape index (κ3) is 2.92. The summed E-state index contributed by atoms with van der Waals surface area (Å²) in [4.78, 5) is 34.6. The molecule has 1 aromatic heterocycles. The Hall–Kier alpha value is -3.21. The number of nitrogens with zero attached hydrogens (tertiary/aromatic N) is 2. The van der Waals surface area contributed by atoms with Gasteiger partial charge in [0.25, 0.3) is 11.5 Å². The van der Waals surface area contributed by atoms with E-state index in [9.17, 15) is 9.59 Å². The molecule has 2 aromatic carbocycles. The summed E-state index contributed by atoms with van der Waals surface area (Å²) >= 11 is 0. The quantitative estimate of drug-likeness (QED) is 0.776. The normalized spacial score (nSPS) is 13.3. The Bertz CT molecular complexity index is 1020. The second-order valence-corrected chi connectivity index (χ2v) is 6.50. The molecule has 0 saturated carbocycles. The van der Waals surface area contributed by atoms with E-state index in [0.717, 1.165) is 16.8 Å². The number of aromatic nitrogens is 2. The standard InChI is InChI=1S/C21H19N3O2/c1-14-7-5-6-10-16(14)21(26)24-12-11-18-17(13-24)20(25)23-19(22-18)15-8-3-2-4-9-15/h2-10H,11-13H2,1H3,(H,22,23,25). The van der Waals surface area contributed by atoms with E-state index >= 15 is 0 Å². The number of carbonyl (C=O) groups excluding carboxylic acids is 1. The van der Waals surface area contributed by atoms with E-state index in [1.165, 1.54) is 0 Å². The predicted octanol–water partition coefficient (Wildman–Crippen LogP) is 2.94. The van der Waals surface area contributed by atoms with Crippen LogP contribution in [0.4, 0.5) is 0 Å².